The lowest BCUT2D eigenvalue weighted by atomic mass is 10.1. The molecule has 1 aromatic rings. The second-order valence-electron chi connectivity index (χ2n) is 3.04. The smallest absolute Gasteiger partial charge is 0.325 e. The van der Waals surface area contributed by atoms with Gasteiger partial charge in [0.2, 0.25) is 0 Å². The van der Waals surface area contributed by atoms with E-state index in [0.717, 1.165) is 18.4 Å². The summed E-state index contributed by atoms with van der Waals surface area (Å²) in [6.45, 7) is 0. The summed E-state index contributed by atoms with van der Waals surface area (Å²) >= 11 is 3.29. The van der Waals surface area contributed by atoms with Crippen LogP contribution in [0, 0.1) is 0 Å². The molecular weight excluding hydrogens is 232 g/mol. The molecule has 0 radical (unpaired) electrons. The summed E-state index contributed by atoms with van der Waals surface area (Å²) in [6, 6.07) is 7.66. The van der Waals surface area contributed by atoms with Crippen molar-refractivity contribution in [3.8, 4) is 5.75 Å². The van der Waals surface area contributed by atoms with Crippen LogP contribution in [0.3, 0.4) is 0 Å². The maximum absolute atomic E-state index is 11.3. The molecule has 0 aromatic heterocycles. The first-order valence-corrected chi connectivity index (χ1v) is 5.12. The molecule has 1 atom stereocenters. The van der Waals surface area contributed by atoms with Crippen LogP contribution in [0.15, 0.2) is 24.3 Å². The zero-order chi connectivity index (χ0) is 9.26. The third-order valence-electron chi connectivity index (χ3n) is 2.11. The van der Waals surface area contributed by atoms with Crippen LogP contribution in [0.5, 0.6) is 5.75 Å². The van der Waals surface area contributed by atoms with Crippen LogP contribution in [0.4, 0.5) is 0 Å². The average molecular weight is 241 g/mol. The van der Waals surface area contributed by atoms with E-state index in [1.165, 1.54) is 0 Å². The van der Waals surface area contributed by atoms with Crippen molar-refractivity contribution in [2.45, 2.75) is 17.7 Å². The van der Waals surface area contributed by atoms with Gasteiger partial charge in [-0.1, -0.05) is 34.1 Å². The minimum Gasteiger partial charge on any atom is -0.425 e. The largest absolute Gasteiger partial charge is 0.425 e. The van der Waals surface area contributed by atoms with Gasteiger partial charge in [-0.2, -0.15) is 0 Å². The average Bonchev–Trinajstić information content (AvgIpc) is 2.28. The molecule has 3 heteroatoms. The molecule has 2 nitrogen and oxygen atoms in total. The number of fused-ring (bicyclic) bond motifs is 1. The Morgan fingerprint density at radius 2 is 2.15 bits per heavy atom. The number of halogens is 1. The van der Waals surface area contributed by atoms with E-state index in [-0.39, 0.29) is 10.8 Å². The second kappa shape index (κ2) is 3.50. The van der Waals surface area contributed by atoms with Crippen LogP contribution in [-0.4, -0.2) is 10.8 Å². The SMILES string of the molecule is O=C1Oc2ccccc2CCC1Br. The molecule has 0 saturated carbocycles. The van der Waals surface area contributed by atoms with Crippen LogP contribution in [-0.2, 0) is 11.2 Å². The van der Waals surface area contributed by atoms with Crippen LogP contribution < -0.4 is 4.74 Å². The highest BCUT2D eigenvalue weighted by Gasteiger charge is 2.22. The molecule has 68 valence electrons. The lowest BCUT2D eigenvalue weighted by Crippen LogP contribution is -2.18. The molecule has 1 aromatic carbocycles. The number of esters is 1. The Balaban J connectivity index is 2.35. The third-order valence-corrected chi connectivity index (χ3v) is 2.94. The summed E-state index contributed by atoms with van der Waals surface area (Å²) in [7, 11) is 0. The fourth-order valence-corrected chi connectivity index (χ4v) is 1.70. The summed E-state index contributed by atoms with van der Waals surface area (Å²) in [5, 5.41) is 0. The molecule has 0 spiro atoms. The first-order chi connectivity index (χ1) is 6.27. The van der Waals surface area contributed by atoms with Gasteiger partial charge in [0.25, 0.3) is 0 Å². The lowest BCUT2D eigenvalue weighted by molar-refractivity contribution is -0.133. The van der Waals surface area contributed by atoms with Gasteiger partial charge in [-0.3, -0.25) is 4.79 Å². The Hall–Kier alpha value is -0.830. The Morgan fingerprint density at radius 3 is 3.00 bits per heavy atom. The number of ether oxygens (including phenoxy) is 1. The maximum atomic E-state index is 11.3. The Labute approximate surface area is 85.0 Å². The van der Waals surface area contributed by atoms with E-state index < -0.39 is 0 Å². The van der Waals surface area contributed by atoms with Gasteiger partial charge in [-0.25, -0.2) is 0 Å². The molecule has 0 amide bonds. The number of para-hydroxylation sites is 1. The normalized spacial score (nSPS) is 21.6. The Kier molecular flexibility index (Phi) is 2.36. The van der Waals surface area contributed by atoms with Crippen molar-refractivity contribution in [2.24, 2.45) is 0 Å². The number of carbonyl (C=O) groups is 1. The van der Waals surface area contributed by atoms with Gasteiger partial charge in [-0.05, 0) is 24.5 Å². The zero-order valence-electron chi connectivity index (χ0n) is 7.00. The summed E-state index contributed by atoms with van der Waals surface area (Å²) in [5.41, 5.74) is 1.11. The standard InChI is InChI=1S/C10H9BrO2/c11-8-6-5-7-3-1-2-4-9(7)13-10(8)12/h1-4,8H,5-6H2. The predicted octanol–water partition coefficient (Wildman–Crippen LogP) is 2.30. The van der Waals surface area contributed by atoms with E-state index in [9.17, 15) is 4.79 Å². The first-order valence-electron chi connectivity index (χ1n) is 4.21. The molecule has 0 saturated heterocycles. The number of hydrogen-bond acceptors (Lipinski definition) is 2. The van der Waals surface area contributed by atoms with Crippen molar-refractivity contribution in [1.29, 1.82) is 0 Å². The zero-order valence-corrected chi connectivity index (χ0v) is 8.58. The maximum Gasteiger partial charge on any atom is 0.325 e. The topological polar surface area (TPSA) is 26.3 Å². The predicted molar refractivity (Wildman–Crippen MR) is 53.1 cm³/mol. The number of rotatable bonds is 0. The van der Waals surface area contributed by atoms with Crippen molar-refractivity contribution in [1.82, 2.24) is 0 Å². The summed E-state index contributed by atoms with van der Waals surface area (Å²) in [5.74, 6) is 0.513. The van der Waals surface area contributed by atoms with E-state index in [4.69, 9.17) is 4.74 Å². The lowest BCUT2D eigenvalue weighted by Gasteiger charge is -2.04. The fourth-order valence-electron chi connectivity index (χ4n) is 1.38. The van der Waals surface area contributed by atoms with Crippen molar-refractivity contribution in [3.63, 3.8) is 0 Å². The summed E-state index contributed by atoms with van der Waals surface area (Å²) in [6.07, 6.45) is 1.69. The van der Waals surface area contributed by atoms with Crippen LogP contribution in [0.2, 0.25) is 0 Å². The number of benzene rings is 1. The molecule has 1 aliphatic rings. The molecule has 13 heavy (non-hydrogen) atoms. The van der Waals surface area contributed by atoms with Gasteiger partial charge in [0.15, 0.2) is 0 Å². The van der Waals surface area contributed by atoms with Gasteiger partial charge in [0.1, 0.15) is 10.6 Å². The molecular formula is C10H9BrO2. The molecule has 1 aliphatic heterocycles. The Bertz CT molecular complexity index is 335. The van der Waals surface area contributed by atoms with Gasteiger partial charge in [0.05, 0.1) is 0 Å². The van der Waals surface area contributed by atoms with Crippen molar-refractivity contribution in [2.75, 3.05) is 0 Å². The number of carbonyl (C=O) groups excluding carboxylic acids is 1. The number of hydrogen-bond donors (Lipinski definition) is 0. The summed E-state index contributed by atoms with van der Waals surface area (Å²) < 4.78 is 5.18. The second-order valence-corrected chi connectivity index (χ2v) is 4.14. The van der Waals surface area contributed by atoms with E-state index in [2.05, 4.69) is 15.9 Å². The molecule has 0 bridgehead atoms. The molecule has 0 fully saturated rings. The van der Waals surface area contributed by atoms with Crippen molar-refractivity contribution < 1.29 is 9.53 Å². The number of alkyl halides is 1. The minimum atomic E-state index is -0.190. The van der Waals surface area contributed by atoms with Gasteiger partial charge in [0, 0.05) is 0 Å². The minimum absolute atomic E-state index is 0.167. The van der Waals surface area contributed by atoms with Crippen LogP contribution in [0.25, 0.3) is 0 Å². The molecule has 0 aliphatic carbocycles. The highest BCUT2D eigenvalue weighted by atomic mass is 79.9. The number of aryl methyl sites for hydroxylation is 1. The monoisotopic (exact) mass is 240 g/mol. The molecule has 1 unspecified atom stereocenters. The quantitative estimate of drug-likeness (QED) is 0.395. The van der Waals surface area contributed by atoms with Gasteiger partial charge < -0.3 is 4.74 Å². The highest BCUT2D eigenvalue weighted by molar-refractivity contribution is 9.10. The van der Waals surface area contributed by atoms with Gasteiger partial charge >= 0.3 is 5.97 Å². The van der Waals surface area contributed by atoms with Crippen LogP contribution in [0.1, 0.15) is 12.0 Å². The molecule has 0 N–H and O–H groups in total. The Morgan fingerprint density at radius 1 is 1.38 bits per heavy atom. The van der Waals surface area contributed by atoms with Crippen LogP contribution >= 0.6 is 15.9 Å². The first kappa shape index (κ1) is 8.75. The van der Waals surface area contributed by atoms with E-state index in [1.807, 2.05) is 24.3 Å². The molecule has 1 heterocycles. The van der Waals surface area contributed by atoms with Crippen molar-refractivity contribution in [3.05, 3.63) is 29.8 Å². The van der Waals surface area contributed by atoms with E-state index in [0.29, 0.717) is 5.75 Å². The fraction of sp³-hybridized carbons (Fsp3) is 0.300. The third kappa shape index (κ3) is 1.75. The summed E-state index contributed by atoms with van der Waals surface area (Å²) in [4.78, 5) is 11.1. The highest BCUT2D eigenvalue weighted by Crippen LogP contribution is 2.26. The van der Waals surface area contributed by atoms with E-state index in [1.54, 1.807) is 0 Å². The van der Waals surface area contributed by atoms with Gasteiger partial charge in [-0.15, -0.1) is 0 Å². The molecule has 2 rings (SSSR count). The van der Waals surface area contributed by atoms with Crippen molar-refractivity contribution >= 4 is 21.9 Å². The van der Waals surface area contributed by atoms with E-state index >= 15 is 0 Å².